The molecule has 0 fully saturated rings. The number of benzene rings is 1. The number of hydrogen-bond acceptors (Lipinski definition) is 2. The Balaban J connectivity index is 2.43. The zero-order chi connectivity index (χ0) is 20.2. The minimum atomic E-state index is -3.54. The van der Waals surface area contributed by atoms with Gasteiger partial charge in [-0.25, -0.2) is 8.42 Å². The van der Waals surface area contributed by atoms with Gasteiger partial charge in [0, 0.05) is 18.7 Å². The molecular weight excluding hydrogens is 354 g/mol. The average molecular weight is 390 g/mol. The standard InChI is InChI=1S/C23H35NO2S/c1-7-8-9-10-11-12-21-22(23(4,5)6)19(3)17-24(21)27(25,26)20-15-13-18(2)14-16-20/h10-11,13-16,19H,7-9,12,17H2,1-6H3/b11-10+. The molecule has 3 nitrogen and oxygen atoms in total. The van der Waals surface area contributed by atoms with Crippen LogP contribution in [0.5, 0.6) is 0 Å². The summed E-state index contributed by atoms with van der Waals surface area (Å²) >= 11 is 0. The predicted octanol–water partition coefficient (Wildman–Crippen LogP) is 6.07. The predicted molar refractivity (Wildman–Crippen MR) is 114 cm³/mol. The first-order valence-electron chi connectivity index (χ1n) is 10.1. The molecule has 27 heavy (non-hydrogen) atoms. The second-order valence-electron chi connectivity index (χ2n) is 8.68. The minimum absolute atomic E-state index is 0.0520. The zero-order valence-electron chi connectivity index (χ0n) is 17.7. The van der Waals surface area contributed by atoms with E-state index in [1.165, 1.54) is 18.4 Å². The summed E-state index contributed by atoms with van der Waals surface area (Å²) in [5, 5.41) is 0. The number of unbranched alkanes of at least 4 members (excludes halogenated alkanes) is 2. The highest BCUT2D eigenvalue weighted by Gasteiger charge is 2.40. The van der Waals surface area contributed by atoms with E-state index in [-0.39, 0.29) is 11.3 Å². The monoisotopic (exact) mass is 389 g/mol. The number of sulfonamides is 1. The Bertz CT molecular complexity index is 796. The average Bonchev–Trinajstić information content (AvgIpc) is 2.92. The van der Waals surface area contributed by atoms with E-state index in [0.717, 1.165) is 17.7 Å². The van der Waals surface area contributed by atoms with E-state index in [4.69, 9.17) is 0 Å². The van der Waals surface area contributed by atoms with Crippen molar-refractivity contribution in [1.29, 1.82) is 0 Å². The Hall–Kier alpha value is -1.55. The molecule has 1 heterocycles. The van der Waals surface area contributed by atoms with Gasteiger partial charge in [-0.05, 0) is 42.4 Å². The first-order valence-corrected chi connectivity index (χ1v) is 11.5. The fourth-order valence-electron chi connectivity index (χ4n) is 3.97. The van der Waals surface area contributed by atoms with Gasteiger partial charge in [0.1, 0.15) is 0 Å². The summed E-state index contributed by atoms with van der Waals surface area (Å²) in [6.07, 6.45) is 8.40. The number of aryl methyl sites for hydroxylation is 1. The number of rotatable bonds is 7. The van der Waals surface area contributed by atoms with Gasteiger partial charge < -0.3 is 0 Å². The Kier molecular flexibility index (Phi) is 6.96. The van der Waals surface area contributed by atoms with E-state index in [0.29, 0.717) is 17.9 Å². The third-order valence-electron chi connectivity index (χ3n) is 5.16. The summed E-state index contributed by atoms with van der Waals surface area (Å²) in [6, 6.07) is 7.18. The Morgan fingerprint density at radius 1 is 1.15 bits per heavy atom. The number of allylic oxidation sites excluding steroid dienone is 2. The van der Waals surface area contributed by atoms with Crippen molar-refractivity contribution in [3.8, 4) is 0 Å². The lowest BCUT2D eigenvalue weighted by atomic mass is 9.79. The molecule has 1 aliphatic heterocycles. The van der Waals surface area contributed by atoms with Crippen LogP contribution in [0.15, 0.2) is 52.6 Å². The molecule has 0 aromatic heterocycles. The largest absolute Gasteiger partial charge is 0.269 e. The number of nitrogens with zero attached hydrogens (tertiary/aromatic N) is 1. The van der Waals surface area contributed by atoms with Gasteiger partial charge >= 0.3 is 0 Å². The molecule has 4 heteroatoms. The highest BCUT2D eigenvalue weighted by molar-refractivity contribution is 7.89. The molecule has 2 rings (SSSR count). The molecule has 0 amide bonds. The number of hydrogen-bond donors (Lipinski definition) is 0. The van der Waals surface area contributed by atoms with E-state index < -0.39 is 10.0 Å². The van der Waals surface area contributed by atoms with Crippen LogP contribution in [0.2, 0.25) is 0 Å². The first-order chi connectivity index (χ1) is 12.6. The van der Waals surface area contributed by atoms with Gasteiger partial charge in [-0.3, -0.25) is 4.31 Å². The molecular formula is C23H35NO2S. The first kappa shape index (κ1) is 21.7. The molecule has 1 unspecified atom stereocenters. The van der Waals surface area contributed by atoms with E-state index >= 15 is 0 Å². The van der Waals surface area contributed by atoms with Gasteiger partial charge in [-0.2, -0.15) is 0 Å². The van der Waals surface area contributed by atoms with Crippen molar-refractivity contribution >= 4 is 10.0 Å². The SMILES string of the molecule is CCCC/C=C/CC1=C(C(C)(C)C)C(C)CN1S(=O)(=O)c1ccc(C)cc1. The van der Waals surface area contributed by atoms with Crippen molar-refractivity contribution < 1.29 is 8.42 Å². The van der Waals surface area contributed by atoms with Gasteiger partial charge in [0.25, 0.3) is 10.0 Å². The van der Waals surface area contributed by atoms with Crippen LogP contribution in [0, 0.1) is 18.3 Å². The Morgan fingerprint density at radius 2 is 1.78 bits per heavy atom. The van der Waals surface area contributed by atoms with Crippen molar-refractivity contribution in [1.82, 2.24) is 4.31 Å². The lowest BCUT2D eigenvalue weighted by molar-refractivity contribution is 0.436. The van der Waals surface area contributed by atoms with E-state index in [2.05, 4.69) is 46.8 Å². The van der Waals surface area contributed by atoms with Gasteiger partial charge in [-0.1, -0.05) is 77.3 Å². The zero-order valence-corrected chi connectivity index (χ0v) is 18.6. The van der Waals surface area contributed by atoms with E-state index in [9.17, 15) is 8.42 Å². The fraction of sp³-hybridized carbons (Fsp3) is 0.565. The van der Waals surface area contributed by atoms with Crippen molar-refractivity contribution in [2.45, 2.75) is 72.1 Å². The molecule has 1 aromatic carbocycles. The summed E-state index contributed by atoms with van der Waals surface area (Å²) < 4.78 is 28.4. The highest BCUT2D eigenvalue weighted by atomic mass is 32.2. The molecule has 1 aromatic rings. The maximum absolute atomic E-state index is 13.4. The summed E-state index contributed by atoms with van der Waals surface area (Å²) in [7, 11) is -3.54. The van der Waals surface area contributed by atoms with Gasteiger partial charge in [0.15, 0.2) is 0 Å². The summed E-state index contributed by atoms with van der Waals surface area (Å²) in [5.41, 5.74) is 3.24. The highest BCUT2D eigenvalue weighted by Crippen LogP contribution is 2.43. The third-order valence-corrected chi connectivity index (χ3v) is 6.98. The molecule has 0 radical (unpaired) electrons. The summed E-state index contributed by atoms with van der Waals surface area (Å²) in [6.45, 7) is 13.4. The maximum Gasteiger partial charge on any atom is 0.264 e. The molecule has 1 atom stereocenters. The molecule has 0 bridgehead atoms. The van der Waals surface area contributed by atoms with E-state index in [1.54, 1.807) is 16.4 Å². The topological polar surface area (TPSA) is 37.4 Å². The van der Waals surface area contributed by atoms with Crippen LogP contribution in [0.4, 0.5) is 0 Å². The smallest absolute Gasteiger partial charge is 0.264 e. The Morgan fingerprint density at radius 3 is 2.33 bits per heavy atom. The van der Waals surface area contributed by atoms with Crippen LogP contribution in [0.1, 0.15) is 65.9 Å². The van der Waals surface area contributed by atoms with Crippen LogP contribution in [0.25, 0.3) is 0 Å². The van der Waals surface area contributed by atoms with Crippen molar-refractivity contribution in [2.24, 2.45) is 11.3 Å². The minimum Gasteiger partial charge on any atom is -0.269 e. The lowest BCUT2D eigenvalue weighted by Gasteiger charge is -2.26. The van der Waals surface area contributed by atoms with Gasteiger partial charge in [-0.15, -0.1) is 0 Å². The van der Waals surface area contributed by atoms with Gasteiger partial charge in [0.05, 0.1) is 4.90 Å². The van der Waals surface area contributed by atoms with Crippen LogP contribution in [-0.4, -0.2) is 19.3 Å². The van der Waals surface area contributed by atoms with Crippen molar-refractivity contribution in [3.63, 3.8) is 0 Å². The van der Waals surface area contributed by atoms with Crippen LogP contribution >= 0.6 is 0 Å². The third kappa shape index (κ3) is 5.04. The molecule has 0 aliphatic carbocycles. The molecule has 0 saturated heterocycles. The molecule has 150 valence electrons. The van der Waals surface area contributed by atoms with Crippen LogP contribution < -0.4 is 0 Å². The van der Waals surface area contributed by atoms with Crippen LogP contribution in [-0.2, 0) is 10.0 Å². The quantitative estimate of drug-likeness (QED) is 0.419. The van der Waals surface area contributed by atoms with Gasteiger partial charge in [0.2, 0.25) is 0 Å². The van der Waals surface area contributed by atoms with E-state index in [1.807, 2.05) is 19.1 Å². The van der Waals surface area contributed by atoms with Crippen molar-refractivity contribution in [3.05, 3.63) is 53.3 Å². The van der Waals surface area contributed by atoms with Crippen LogP contribution in [0.3, 0.4) is 0 Å². The fourth-order valence-corrected chi connectivity index (χ4v) is 5.59. The normalized spacial score (nSPS) is 18.7. The maximum atomic E-state index is 13.4. The summed E-state index contributed by atoms with van der Waals surface area (Å²) in [4.78, 5) is 0.378. The Labute approximate surface area is 166 Å². The molecule has 0 saturated carbocycles. The lowest BCUT2D eigenvalue weighted by Crippen LogP contribution is -2.29. The molecule has 1 aliphatic rings. The van der Waals surface area contributed by atoms with Crippen molar-refractivity contribution in [2.75, 3.05) is 6.54 Å². The second-order valence-corrected chi connectivity index (χ2v) is 10.5. The second kappa shape index (κ2) is 8.64. The molecule has 0 spiro atoms. The molecule has 0 N–H and O–H groups in total. The summed E-state index contributed by atoms with van der Waals surface area (Å²) in [5.74, 6) is 0.226.